The first-order valence-corrected chi connectivity index (χ1v) is 5.88. The average molecular weight is 289 g/mol. The van der Waals surface area contributed by atoms with Crippen molar-refractivity contribution in [1.82, 2.24) is 5.43 Å². The number of hydrogen-bond donors (Lipinski definition) is 4. The van der Waals surface area contributed by atoms with Crippen LogP contribution in [0.5, 0.6) is 11.5 Å². The predicted octanol–water partition coefficient (Wildman–Crippen LogP) is 1.91. The number of nitrogens with two attached hydrogens (primary N) is 1. The number of carbonyl (C=O) groups is 1. The molecular weight excluding hydrogens is 277 g/mol. The van der Waals surface area contributed by atoms with E-state index in [0.29, 0.717) is 16.7 Å². The molecule has 2 aromatic carbocycles. The third-order valence-corrected chi connectivity index (χ3v) is 2.69. The molecule has 7 heteroatoms. The van der Waals surface area contributed by atoms with Gasteiger partial charge < -0.3 is 15.9 Å². The second-order valence-corrected chi connectivity index (χ2v) is 4.17. The molecule has 0 saturated carbocycles. The van der Waals surface area contributed by atoms with Crippen LogP contribution in [0, 0.1) is 5.82 Å². The number of halogens is 1. The minimum Gasteiger partial charge on any atom is -0.507 e. The van der Waals surface area contributed by atoms with E-state index in [1.54, 1.807) is 12.1 Å². The summed E-state index contributed by atoms with van der Waals surface area (Å²) in [7, 11) is 0. The molecule has 0 spiro atoms. The van der Waals surface area contributed by atoms with E-state index in [4.69, 9.17) is 10.8 Å². The van der Waals surface area contributed by atoms with Gasteiger partial charge in [-0.1, -0.05) is 12.1 Å². The number of nitrogens with zero attached hydrogens (tertiary/aromatic N) is 1. The lowest BCUT2D eigenvalue weighted by Gasteiger charge is -2.06. The number of benzene rings is 2. The van der Waals surface area contributed by atoms with Gasteiger partial charge in [0, 0.05) is 5.56 Å². The number of urea groups is 1. The van der Waals surface area contributed by atoms with Crippen molar-refractivity contribution in [3.8, 4) is 22.6 Å². The third-order valence-electron chi connectivity index (χ3n) is 2.69. The molecule has 108 valence electrons. The zero-order chi connectivity index (χ0) is 15.4. The first kappa shape index (κ1) is 14.3. The maximum atomic E-state index is 13.3. The van der Waals surface area contributed by atoms with Crippen LogP contribution < -0.4 is 11.2 Å². The fourth-order valence-electron chi connectivity index (χ4n) is 1.69. The van der Waals surface area contributed by atoms with Gasteiger partial charge in [-0.2, -0.15) is 5.10 Å². The molecule has 2 aromatic rings. The number of aromatic hydroxyl groups is 2. The number of hydrogen-bond acceptors (Lipinski definition) is 4. The van der Waals surface area contributed by atoms with Crippen LogP contribution in [0.4, 0.5) is 9.18 Å². The van der Waals surface area contributed by atoms with Crippen molar-refractivity contribution >= 4 is 12.2 Å². The van der Waals surface area contributed by atoms with Gasteiger partial charge in [-0.05, 0) is 35.4 Å². The second kappa shape index (κ2) is 5.91. The van der Waals surface area contributed by atoms with E-state index < -0.39 is 17.6 Å². The molecule has 0 atom stereocenters. The smallest absolute Gasteiger partial charge is 0.332 e. The normalized spacial score (nSPS) is 10.7. The molecule has 0 aromatic heterocycles. The molecular formula is C14H12FN3O3. The molecule has 21 heavy (non-hydrogen) atoms. The Kier molecular flexibility index (Phi) is 4.03. The number of phenolic OH excluding ortho intramolecular Hbond substituents is 2. The predicted molar refractivity (Wildman–Crippen MR) is 75.5 cm³/mol. The van der Waals surface area contributed by atoms with E-state index in [9.17, 15) is 14.3 Å². The molecule has 6 nitrogen and oxygen atoms in total. The highest BCUT2D eigenvalue weighted by molar-refractivity contribution is 5.87. The van der Waals surface area contributed by atoms with Gasteiger partial charge in [0.15, 0.2) is 11.6 Å². The van der Waals surface area contributed by atoms with Gasteiger partial charge in [-0.15, -0.1) is 0 Å². The molecule has 0 aliphatic rings. The van der Waals surface area contributed by atoms with Crippen LogP contribution in [0.25, 0.3) is 11.1 Å². The topological polar surface area (TPSA) is 108 Å². The van der Waals surface area contributed by atoms with Gasteiger partial charge in [0.2, 0.25) is 0 Å². The summed E-state index contributed by atoms with van der Waals surface area (Å²) in [5, 5.41) is 22.4. The summed E-state index contributed by atoms with van der Waals surface area (Å²) in [6.07, 6.45) is 1.21. The maximum absolute atomic E-state index is 13.3. The van der Waals surface area contributed by atoms with Crippen LogP contribution >= 0.6 is 0 Å². The van der Waals surface area contributed by atoms with E-state index in [0.717, 1.165) is 0 Å². The number of hydrazone groups is 1. The van der Waals surface area contributed by atoms with Gasteiger partial charge >= 0.3 is 6.03 Å². The van der Waals surface area contributed by atoms with Crippen molar-refractivity contribution in [2.45, 2.75) is 0 Å². The fourth-order valence-corrected chi connectivity index (χ4v) is 1.69. The van der Waals surface area contributed by atoms with Crippen molar-refractivity contribution in [3.63, 3.8) is 0 Å². The summed E-state index contributed by atoms with van der Waals surface area (Å²) in [5.41, 5.74) is 8.29. The fraction of sp³-hybridized carbons (Fsp3) is 0. The Bertz CT molecular complexity index is 717. The van der Waals surface area contributed by atoms with Crippen LogP contribution in [0.3, 0.4) is 0 Å². The molecule has 2 amide bonds. The van der Waals surface area contributed by atoms with Gasteiger partial charge in [0.1, 0.15) is 5.75 Å². The first-order valence-electron chi connectivity index (χ1n) is 5.88. The largest absolute Gasteiger partial charge is 0.507 e. The minimum atomic E-state index is -0.831. The van der Waals surface area contributed by atoms with E-state index in [-0.39, 0.29) is 5.75 Å². The van der Waals surface area contributed by atoms with Crippen molar-refractivity contribution in [1.29, 1.82) is 0 Å². The molecule has 5 N–H and O–H groups in total. The van der Waals surface area contributed by atoms with Crippen molar-refractivity contribution < 1.29 is 19.4 Å². The van der Waals surface area contributed by atoms with Crippen LogP contribution in [-0.2, 0) is 0 Å². The van der Waals surface area contributed by atoms with E-state index in [2.05, 4.69) is 5.10 Å². The Morgan fingerprint density at radius 1 is 1.14 bits per heavy atom. The molecule has 0 radical (unpaired) electrons. The minimum absolute atomic E-state index is 0.0620. The summed E-state index contributed by atoms with van der Waals surface area (Å²) < 4.78 is 13.3. The van der Waals surface area contributed by atoms with E-state index >= 15 is 0 Å². The quantitative estimate of drug-likeness (QED) is 0.512. The molecule has 2 rings (SSSR count). The zero-order valence-corrected chi connectivity index (χ0v) is 10.7. The SMILES string of the molecule is NC(=O)NN=Cc1cc(-c2ccc(O)c(F)c2)ccc1O. The molecule has 0 saturated heterocycles. The molecule has 0 heterocycles. The Hall–Kier alpha value is -3.09. The summed E-state index contributed by atoms with van der Waals surface area (Å²) in [6, 6.07) is 7.65. The number of primary amides is 1. The maximum Gasteiger partial charge on any atom is 0.332 e. The summed E-state index contributed by atoms with van der Waals surface area (Å²) in [5.74, 6) is -1.25. The van der Waals surface area contributed by atoms with Crippen molar-refractivity contribution in [2.75, 3.05) is 0 Å². The number of nitrogens with one attached hydrogen (secondary N) is 1. The van der Waals surface area contributed by atoms with Gasteiger partial charge in [-0.25, -0.2) is 14.6 Å². The number of amides is 2. The average Bonchev–Trinajstić information content (AvgIpc) is 2.43. The highest BCUT2D eigenvalue weighted by Crippen LogP contribution is 2.28. The summed E-state index contributed by atoms with van der Waals surface area (Å²) in [4.78, 5) is 10.5. The van der Waals surface area contributed by atoms with Crippen LogP contribution in [-0.4, -0.2) is 22.5 Å². The third kappa shape index (κ3) is 3.47. The Morgan fingerprint density at radius 3 is 2.38 bits per heavy atom. The van der Waals surface area contributed by atoms with Crippen LogP contribution in [0.15, 0.2) is 41.5 Å². The van der Waals surface area contributed by atoms with Gasteiger partial charge in [-0.3, -0.25) is 0 Å². The Balaban J connectivity index is 2.35. The highest BCUT2D eigenvalue weighted by Gasteiger charge is 2.06. The lowest BCUT2D eigenvalue weighted by Crippen LogP contribution is -2.24. The summed E-state index contributed by atoms with van der Waals surface area (Å²) >= 11 is 0. The molecule has 0 bridgehead atoms. The monoisotopic (exact) mass is 289 g/mol. The Labute approximate surface area is 119 Å². The van der Waals surface area contributed by atoms with Crippen molar-refractivity contribution in [3.05, 3.63) is 47.8 Å². The Morgan fingerprint density at radius 2 is 1.76 bits per heavy atom. The van der Waals surface area contributed by atoms with Gasteiger partial charge in [0.25, 0.3) is 0 Å². The number of phenols is 2. The van der Waals surface area contributed by atoms with E-state index in [1.807, 2.05) is 5.43 Å². The molecule has 0 aliphatic carbocycles. The van der Waals surface area contributed by atoms with Crippen molar-refractivity contribution in [2.24, 2.45) is 10.8 Å². The number of carbonyl (C=O) groups excluding carboxylic acids is 1. The molecule has 0 fully saturated rings. The lowest BCUT2D eigenvalue weighted by molar-refractivity contribution is 0.249. The highest BCUT2D eigenvalue weighted by atomic mass is 19.1. The standard InChI is InChI=1S/C14H12FN3O3/c15-11-6-9(2-4-13(11)20)8-1-3-12(19)10(5-8)7-17-18-14(16)21/h1-7,19-20H,(H3,16,18,21). The van der Waals surface area contributed by atoms with E-state index in [1.165, 1.54) is 30.5 Å². The number of rotatable bonds is 3. The van der Waals surface area contributed by atoms with Gasteiger partial charge in [0.05, 0.1) is 6.21 Å². The second-order valence-electron chi connectivity index (χ2n) is 4.17. The first-order chi connectivity index (χ1) is 9.97. The summed E-state index contributed by atoms with van der Waals surface area (Å²) in [6.45, 7) is 0. The van der Waals surface area contributed by atoms with Crippen LogP contribution in [0.1, 0.15) is 5.56 Å². The van der Waals surface area contributed by atoms with Crippen LogP contribution in [0.2, 0.25) is 0 Å². The molecule has 0 aliphatic heterocycles. The lowest BCUT2D eigenvalue weighted by atomic mass is 10.0. The zero-order valence-electron chi connectivity index (χ0n) is 10.7. The molecule has 0 unspecified atom stereocenters.